The molecule has 2 atom stereocenters. The summed E-state index contributed by atoms with van der Waals surface area (Å²) in [6, 6.07) is 6.20. The van der Waals surface area contributed by atoms with Crippen LogP contribution in [0.1, 0.15) is 24.5 Å². The summed E-state index contributed by atoms with van der Waals surface area (Å²) < 4.78 is 10.8. The second-order valence-electron chi connectivity index (χ2n) is 4.17. The first-order valence-electron chi connectivity index (χ1n) is 5.50. The number of benzene rings is 1. The Morgan fingerprint density at radius 2 is 2.13 bits per heavy atom. The van der Waals surface area contributed by atoms with E-state index in [9.17, 15) is 0 Å². The van der Waals surface area contributed by atoms with E-state index in [4.69, 9.17) is 9.47 Å². The highest BCUT2D eigenvalue weighted by Crippen LogP contribution is 2.29. The minimum Gasteiger partial charge on any atom is -0.496 e. The Hall–Kier alpha value is -1.02. The Bertz CT molecular complexity index is 346. The van der Waals surface area contributed by atoms with Gasteiger partial charge in [-0.3, -0.25) is 0 Å². The predicted octanol–water partition coefficient (Wildman–Crippen LogP) is 2.72. The summed E-state index contributed by atoms with van der Waals surface area (Å²) >= 11 is 0. The first kappa shape index (κ1) is 10.5. The fourth-order valence-electron chi connectivity index (χ4n) is 2.01. The standard InChI is InChI=1S/C13H18O2/c1-9-5-4-6-13(14-3)11(9)7-8-12-10(2)15-12/h4-6,10,12H,7-8H2,1-3H3. The molecular weight excluding hydrogens is 188 g/mol. The molecular formula is C13H18O2. The molecule has 2 rings (SSSR count). The molecule has 0 spiro atoms. The van der Waals surface area contributed by atoms with Crippen molar-refractivity contribution < 1.29 is 9.47 Å². The first-order chi connectivity index (χ1) is 7.22. The molecule has 2 unspecified atom stereocenters. The molecule has 0 saturated carbocycles. The van der Waals surface area contributed by atoms with E-state index in [1.54, 1.807) is 7.11 Å². The van der Waals surface area contributed by atoms with Gasteiger partial charge in [-0.25, -0.2) is 0 Å². The largest absolute Gasteiger partial charge is 0.496 e. The number of aryl methyl sites for hydroxylation is 1. The molecule has 1 aliphatic rings. The quantitative estimate of drug-likeness (QED) is 0.706. The number of methoxy groups -OCH3 is 1. The number of rotatable bonds is 4. The Morgan fingerprint density at radius 3 is 2.73 bits per heavy atom. The van der Waals surface area contributed by atoms with E-state index in [2.05, 4.69) is 19.9 Å². The molecule has 0 aromatic heterocycles. The molecule has 1 saturated heterocycles. The van der Waals surface area contributed by atoms with Crippen molar-refractivity contribution in [2.45, 2.75) is 38.9 Å². The third-order valence-corrected chi connectivity index (χ3v) is 3.10. The smallest absolute Gasteiger partial charge is 0.122 e. The number of epoxide rings is 1. The Labute approximate surface area is 91.2 Å². The minimum atomic E-state index is 0.458. The number of ether oxygens (including phenoxy) is 2. The van der Waals surface area contributed by atoms with Crippen molar-refractivity contribution in [3.05, 3.63) is 29.3 Å². The lowest BCUT2D eigenvalue weighted by atomic mass is 10.0. The minimum absolute atomic E-state index is 0.458. The van der Waals surface area contributed by atoms with Crippen LogP contribution in [0.4, 0.5) is 0 Å². The summed E-state index contributed by atoms with van der Waals surface area (Å²) in [5.41, 5.74) is 2.63. The van der Waals surface area contributed by atoms with Crippen LogP contribution in [-0.2, 0) is 11.2 Å². The summed E-state index contributed by atoms with van der Waals surface area (Å²) in [6.07, 6.45) is 3.07. The van der Waals surface area contributed by atoms with E-state index in [0.29, 0.717) is 12.2 Å². The molecule has 82 valence electrons. The zero-order valence-electron chi connectivity index (χ0n) is 9.62. The molecule has 0 bridgehead atoms. The van der Waals surface area contributed by atoms with Crippen LogP contribution in [0.3, 0.4) is 0 Å². The summed E-state index contributed by atoms with van der Waals surface area (Å²) in [5, 5.41) is 0. The van der Waals surface area contributed by atoms with Crippen molar-refractivity contribution in [3.8, 4) is 5.75 Å². The van der Waals surface area contributed by atoms with Crippen molar-refractivity contribution in [2.24, 2.45) is 0 Å². The van der Waals surface area contributed by atoms with Gasteiger partial charge in [-0.05, 0) is 43.9 Å². The van der Waals surface area contributed by atoms with Crippen LogP contribution in [0.2, 0.25) is 0 Å². The van der Waals surface area contributed by atoms with Crippen LogP contribution in [0.15, 0.2) is 18.2 Å². The molecule has 15 heavy (non-hydrogen) atoms. The maximum absolute atomic E-state index is 5.41. The maximum Gasteiger partial charge on any atom is 0.122 e. The average molecular weight is 206 g/mol. The number of hydrogen-bond acceptors (Lipinski definition) is 2. The predicted molar refractivity (Wildman–Crippen MR) is 60.4 cm³/mol. The third kappa shape index (κ3) is 2.32. The van der Waals surface area contributed by atoms with Crippen LogP contribution < -0.4 is 4.74 Å². The molecule has 1 heterocycles. The van der Waals surface area contributed by atoms with Crippen LogP contribution in [0, 0.1) is 6.92 Å². The molecule has 0 N–H and O–H groups in total. The van der Waals surface area contributed by atoms with Crippen LogP contribution in [-0.4, -0.2) is 19.3 Å². The van der Waals surface area contributed by atoms with E-state index in [-0.39, 0.29) is 0 Å². The fraction of sp³-hybridized carbons (Fsp3) is 0.538. The van der Waals surface area contributed by atoms with Gasteiger partial charge in [0.1, 0.15) is 5.75 Å². The van der Waals surface area contributed by atoms with E-state index >= 15 is 0 Å². The second-order valence-corrected chi connectivity index (χ2v) is 4.17. The summed E-state index contributed by atoms with van der Waals surface area (Å²) in [5.74, 6) is 1.00. The lowest BCUT2D eigenvalue weighted by molar-refractivity contribution is 0.368. The van der Waals surface area contributed by atoms with Gasteiger partial charge < -0.3 is 9.47 Å². The summed E-state index contributed by atoms with van der Waals surface area (Å²) in [6.45, 7) is 4.26. The van der Waals surface area contributed by atoms with E-state index in [1.165, 1.54) is 11.1 Å². The molecule has 1 aromatic carbocycles. The highest BCUT2D eigenvalue weighted by Gasteiger charge is 2.33. The van der Waals surface area contributed by atoms with Crippen molar-refractivity contribution in [2.75, 3.05) is 7.11 Å². The Kier molecular flexibility index (Phi) is 2.96. The van der Waals surface area contributed by atoms with Crippen molar-refractivity contribution >= 4 is 0 Å². The van der Waals surface area contributed by atoms with Crippen LogP contribution in [0.25, 0.3) is 0 Å². The van der Waals surface area contributed by atoms with E-state index < -0.39 is 0 Å². The van der Waals surface area contributed by atoms with Gasteiger partial charge in [0.2, 0.25) is 0 Å². The Balaban J connectivity index is 2.05. The van der Waals surface area contributed by atoms with Gasteiger partial charge in [0.25, 0.3) is 0 Å². The molecule has 0 amide bonds. The third-order valence-electron chi connectivity index (χ3n) is 3.10. The Morgan fingerprint density at radius 1 is 1.40 bits per heavy atom. The van der Waals surface area contributed by atoms with E-state index in [0.717, 1.165) is 18.6 Å². The van der Waals surface area contributed by atoms with Gasteiger partial charge in [0, 0.05) is 0 Å². The zero-order valence-corrected chi connectivity index (χ0v) is 9.62. The summed E-state index contributed by atoms with van der Waals surface area (Å²) in [4.78, 5) is 0. The molecule has 0 aliphatic carbocycles. The summed E-state index contributed by atoms with van der Waals surface area (Å²) in [7, 11) is 1.73. The number of hydrogen-bond donors (Lipinski definition) is 0. The normalized spacial score (nSPS) is 23.9. The van der Waals surface area contributed by atoms with E-state index in [1.807, 2.05) is 12.1 Å². The first-order valence-corrected chi connectivity index (χ1v) is 5.50. The van der Waals surface area contributed by atoms with Gasteiger partial charge in [-0.1, -0.05) is 12.1 Å². The van der Waals surface area contributed by atoms with Crippen molar-refractivity contribution in [3.63, 3.8) is 0 Å². The molecule has 1 aliphatic heterocycles. The van der Waals surface area contributed by atoms with Gasteiger partial charge in [-0.15, -0.1) is 0 Å². The highest BCUT2D eigenvalue weighted by molar-refractivity contribution is 5.39. The molecule has 2 heteroatoms. The second kappa shape index (κ2) is 4.23. The van der Waals surface area contributed by atoms with Crippen LogP contribution >= 0.6 is 0 Å². The molecule has 1 fully saturated rings. The monoisotopic (exact) mass is 206 g/mol. The zero-order chi connectivity index (χ0) is 10.8. The lowest BCUT2D eigenvalue weighted by Crippen LogP contribution is -1.99. The highest BCUT2D eigenvalue weighted by atomic mass is 16.6. The van der Waals surface area contributed by atoms with Crippen molar-refractivity contribution in [1.29, 1.82) is 0 Å². The fourth-order valence-corrected chi connectivity index (χ4v) is 2.01. The topological polar surface area (TPSA) is 21.8 Å². The van der Waals surface area contributed by atoms with Gasteiger partial charge in [0.15, 0.2) is 0 Å². The maximum atomic E-state index is 5.41. The SMILES string of the molecule is COc1cccc(C)c1CCC1OC1C. The average Bonchev–Trinajstić information content (AvgIpc) is 2.92. The van der Waals surface area contributed by atoms with Gasteiger partial charge in [0.05, 0.1) is 19.3 Å². The molecule has 2 nitrogen and oxygen atoms in total. The van der Waals surface area contributed by atoms with Crippen molar-refractivity contribution in [1.82, 2.24) is 0 Å². The van der Waals surface area contributed by atoms with Gasteiger partial charge >= 0.3 is 0 Å². The molecule has 0 radical (unpaired) electrons. The lowest BCUT2D eigenvalue weighted by Gasteiger charge is -2.10. The van der Waals surface area contributed by atoms with Crippen LogP contribution in [0.5, 0.6) is 5.75 Å². The molecule has 1 aromatic rings. The van der Waals surface area contributed by atoms with Gasteiger partial charge in [-0.2, -0.15) is 0 Å².